The molecule has 0 unspecified atom stereocenters. The summed E-state index contributed by atoms with van der Waals surface area (Å²) in [5.74, 6) is -0.198. The zero-order chi connectivity index (χ0) is 22.3. The highest BCUT2D eigenvalue weighted by Gasteiger charge is 2.24. The Labute approximate surface area is 191 Å². The Morgan fingerprint density at radius 3 is 2.03 bits per heavy atom. The fourth-order valence-electron chi connectivity index (χ4n) is 4.86. The number of benzene rings is 1. The molecule has 3 aliphatic heterocycles. The molecular formula is C24H38N6O2. The summed E-state index contributed by atoms with van der Waals surface area (Å²) in [6.45, 7) is 10.9. The summed E-state index contributed by atoms with van der Waals surface area (Å²) in [6.07, 6.45) is 4.83. The molecule has 32 heavy (non-hydrogen) atoms. The number of urea groups is 1. The number of amides is 3. The van der Waals surface area contributed by atoms with Crippen molar-refractivity contribution in [3.05, 3.63) is 29.8 Å². The van der Waals surface area contributed by atoms with E-state index in [1.165, 1.54) is 31.7 Å². The van der Waals surface area contributed by atoms with Gasteiger partial charge in [0.1, 0.15) is 0 Å². The van der Waals surface area contributed by atoms with E-state index in [1.54, 1.807) is 4.90 Å². The number of carbonyl (C=O) groups is 2. The largest absolute Gasteiger partial charge is 0.328 e. The van der Waals surface area contributed by atoms with E-state index in [1.807, 2.05) is 12.1 Å². The molecule has 3 heterocycles. The lowest BCUT2D eigenvalue weighted by Gasteiger charge is -2.37. The molecule has 3 amide bonds. The highest BCUT2D eigenvalue weighted by molar-refractivity contribution is 6.05. The molecule has 0 aromatic heterocycles. The van der Waals surface area contributed by atoms with Gasteiger partial charge >= 0.3 is 6.03 Å². The number of nitrogens with one attached hydrogen (secondary N) is 1. The molecule has 0 atom stereocenters. The maximum absolute atomic E-state index is 12.0. The predicted octanol–water partition coefficient (Wildman–Crippen LogP) is 1.11. The first-order valence-corrected chi connectivity index (χ1v) is 12.2. The van der Waals surface area contributed by atoms with E-state index < -0.39 is 0 Å². The molecule has 4 rings (SSSR count). The van der Waals surface area contributed by atoms with Crippen LogP contribution in [0.15, 0.2) is 24.3 Å². The molecular weight excluding hydrogens is 404 g/mol. The molecule has 3 saturated heterocycles. The zero-order valence-corrected chi connectivity index (χ0v) is 19.2. The minimum atomic E-state index is -0.326. The first-order chi connectivity index (χ1) is 15.6. The summed E-state index contributed by atoms with van der Waals surface area (Å²) in [5.41, 5.74) is 8.15. The molecule has 0 aliphatic carbocycles. The van der Waals surface area contributed by atoms with Crippen LogP contribution >= 0.6 is 0 Å². The molecule has 1 aromatic rings. The predicted molar refractivity (Wildman–Crippen MR) is 127 cm³/mol. The van der Waals surface area contributed by atoms with Crippen LogP contribution in [0.2, 0.25) is 0 Å². The van der Waals surface area contributed by atoms with Crippen LogP contribution in [-0.2, 0) is 11.2 Å². The normalized spacial score (nSPS) is 22.3. The molecule has 8 heteroatoms. The van der Waals surface area contributed by atoms with Gasteiger partial charge in [-0.1, -0.05) is 12.1 Å². The van der Waals surface area contributed by atoms with Gasteiger partial charge in [-0.2, -0.15) is 0 Å². The maximum atomic E-state index is 12.0. The Morgan fingerprint density at radius 1 is 0.812 bits per heavy atom. The van der Waals surface area contributed by atoms with Crippen molar-refractivity contribution in [3.63, 3.8) is 0 Å². The lowest BCUT2D eigenvalue weighted by atomic mass is 10.1. The second-order valence-corrected chi connectivity index (χ2v) is 9.39. The summed E-state index contributed by atoms with van der Waals surface area (Å²) in [7, 11) is 0. The van der Waals surface area contributed by atoms with Crippen LogP contribution in [0.1, 0.15) is 31.2 Å². The van der Waals surface area contributed by atoms with E-state index in [9.17, 15) is 9.59 Å². The quantitative estimate of drug-likeness (QED) is 0.627. The van der Waals surface area contributed by atoms with Crippen molar-refractivity contribution < 1.29 is 9.59 Å². The molecule has 3 fully saturated rings. The highest BCUT2D eigenvalue weighted by atomic mass is 16.2. The van der Waals surface area contributed by atoms with Crippen LogP contribution in [0.4, 0.5) is 10.5 Å². The number of imide groups is 1. The van der Waals surface area contributed by atoms with E-state index in [0.29, 0.717) is 19.0 Å². The monoisotopic (exact) mass is 442 g/mol. The van der Waals surface area contributed by atoms with Gasteiger partial charge in [-0.05, 0) is 63.0 Å². The van der Waals surface area contributed by atoms with Crippen LogP contribution in [0, 0.1) is 0 Å². The van der Waals surface area contributed by atoms with Gasteiger partial charge in [-0.3, -0.25) is 19.9 Å². The Balaban J connectivity index is 1.11. The smallest absolute Gasteiger partial charge is 0.328 e. The van der Waals surface area contributed by atoms with Crippen molar-refractivity contribution in [1.29, 1.82) is 0 Å². The summed E-state index contributed by atoms with van der Waals surface area (Å²) in [4.78, 5) is 32.7. The van der Waals surface area contributed by atoms with E-state index in [-0.39, 0.29) is 11.9 Å². The van der Waals surface area contributed by atoms with Gasteiger partial charge in [0.05, 0.1) is 0 Å². The van der Waals surface area contributed by atoms with Crippen molar-refractivity contribution >= 4 is 17.6 Å². The van der Waals surface area contributed by atoms with Crippen molar-refractivity contribution in [3.8, 4) is 0 Å². The maximum Gasteiger partial charge on any atom is 0.328 e. The topological polar surface area (TPSA) is 85.2 Å². The average molecular weight is 443 g/mol. The zero-order valence-electron chi connectivity index (χ0n) is 19.2. The number of rotatable bonds is 8. The minimum Gasteiger partial charge on any atom is -0.328 e. The molecule has 0 bridgehead atoms. The summed E-state index contributed by atoms with van der Waals surface area (Å²) in [6, 6.07) is 8.26. The van der Waals surface area contributed by atoms with Gasteiger partial charge in [-0.25, -0.2) is 4.79 Å². The van der Waals surface area contributed by atoms with Crippen LogP contribution < -0.4 is 16.0 Å². The fraction of sp³-hybridized carbons (Fsp3) is 0.667. The van der Waals surface area contributed by atoms with Crippen molar-refractivity contribution in [1.82, 2.24) is 20.0 Å². The van der Waals surface area contributed by atoms with Gasteiger partial charge in [0.2, 0.25) is 5.91 Å². The SMILES string of the molecule is NC1CCN(CCN2CCN(CCCc3ccc(N4CCC(=O)NC4=O)cc3)CC2)CC1. The van der Waals surface area contributed by atoms with Crippen LogP contribution in [0.3, 0.4) is 0 Å². The fourth-order valence-corrected chi connectivity index (χ4v) is 4.86. The molecule has 3 aliphatic rings. The van der Waals surface area contributed by atoms with E-state index in [2.05, 4.69) is 32.1 Å². The van der Waals surface area contributed by atoms with E-state index in [0.717, 1.165) is 64.1 Å². The van der Waals surface area contributed by atoms with Crippen molar-refractivity contribution in [2.45, 2.75) is 38.1 Å². The minimum absolute atomic E-state index is 0.198. The number of piperazine rings is 1. The Kier molecular flexibility index (Phi) is 8.13. The van der Waals surface area contributed by atoms with Crippen molar-refractivity contribution in [2.75, 3.05) is 70.3 Å². The lowest BCUT2D eigenvalue weighted by molar-refractivity contribution is -0.120. The van der Waals surface area contributed by atoms with Crippen LogP contribution in [-0.4, -0.2) is 98.1 Å². The van der Waals surface area contributed by atoms with Gasteiger partial charge in [0.25, 0.3) is 0 Å². The summed E-state index contributed by atoms with van der Waals surface area (Å²) < 4.78 is 0. The third-order valence-corrected chi connectivity index (χ3v) is 7.07. The van der Waals surface area contributed by atoms with E-state index >= 15 is 0 Å². The van der Waals surface area contributed by atoms with Crippen molar-refractivity contribution in [2.24, 2.45) is 5.73 Å². The number of aryl methyl sites for hydroxylation is 1. The molecule has 0 spiro atoms. The van der Waals surface area contributed by atoms with E-state index in [4.69, 9.17) is 5.73 Å². The Bertz CT molecular complexity index is 754. The third-order valence-electron chi connectivity index (χ3n) is 7.07. The number of likely N-dealkylation sites (tertiary alicyclic amines) is 1. The van der Waals surface area contributed by atoms with Crippen LogP contribution in [0.25, 0.3) is 0 Å². The van der Waals surface area contributed by atoms with Crippen LogP contribution in [0.5, 0.6) is 0 Å². The Morgan fingerprint density at radius 2 is 1.41 bits per heavy atom. The van der Waals surface area contributed by atoms with Gasteiger partial charge < -0.3 is 15.5 Å². The first kappa shape index (κ1) is 23.2. The number of carbonyl (C=O) groups excluding carboxylic acids is 2. The highest BCUT2D eigenvalue weighted by Crippen LogP contribution is 2.19. The second-order valence-electron chi connectivity index (χ2n) is 9.39. The first-order valence-electron chi connectivity index (χ1n) is 12.2. The third kappa shape index (κ3) is 6.51. The molecule has 0 radical (unpaired) electrons. The number of nitrogens with zero attached hydrogens (tertiary/aromatic N) is 4. The number of piperidine rings is 1. The number of hydrogen-bond donors (Lipinski definition) is 2. The average Bonchev–Trinajstić information content (AvgIpc) is 2.80. The molecule has 3 N–H and O–H groups in total. The standard InChI is InChI=1S/C24H38N6O2/c25-21-7-11-28(12-8-21)16-19-29-17-14-27(15-18-29)10-1-2-20-3-5-22(6-4-20)30-13-9-23(31)26-24(30)32/h3-6,21H,1-2,7-19,25H2,(H,26,31,32). The van der Waals surface area contributed by atoms with Gasteiger partial charge in [-0.15, -0.1) is 0 Å². The number of nitrogens with two attached hydrogens (primary N) is 1. The number of anilines is 1. The van der Waals surface area contributed by atoms with Gasteiger partial charge in [0.15, 0.2) is 0 Å². The Hall–Kier alpha value is -2.00. The molecule has 8 nitrogen and oxygen atoms in total. The summed E-state index contributed by atoms with van der Waals surface area (Å²) >= 11 is 0. The second kappa shape index (κ2) is 11.2. The molecule has 176 valence electrons. The lowest BCUT2D eigenvalue weighted by Crippen LogP contribution is -2.49. The van der Waals surface area contributed by atoms with Gasteiger partial charge in [0, 0.05) is 64.0 Å². The molecule has 0 saturated carbocycles. The summed E-state index contributed by atoms with van der Waals surface area (Å²) in [5, 5.41) is 2.37. The molecule has 1 aromatic carbocycles. The number of hydrogen-bond acceptors (Lipinski definition) is 6.